The van der Waals surface area contributed by atoms with E-state index in [9.17, 15) is 18.0 Å². The molecule has 0 atom stereocenters. The van der Waals surface area contributed by atoms with Crippen LogP contribution in [0, 0.1) is 0 Å². The number of carbonyl (C=O) groups excluding carboxylic acids is 1. The normalized spacial score (nSPS) is 11.0. The first-order valence-corrected chi connectivity index (χ1v) is 9.07. The second-order valence-electron chi connectivity index (χ2n) is 6.22. The van der Waals surface area contributed by atoms with Gasteiger partial charge in [-0.2, -0.15) is 18.3 Å². The van der Waals surface area contributed by atoms with Crippen molar-refractivity contribution in [2.75, 3.05) is 19.0 Å². The lowest BCUT2D eigenvalue weighted by Crippen LogP contribution is -2.11. The number of halogens is 3. The first-order valence-electron chi connectivity index (χ1n) is 9.07. The van der Waals surface area contributed by atoms with E-state index >= 15 is 0 Å². The van der Waals surface area contributed by atoms with Gasteiger partial charge in [0.05, 0.1) is 11.9 Å². The van der Waals surface area contributed by atoms with Crippen LogP contribution in [0.4, 0.5) is 19.0 Å². The number of hydrogen-bond acceptors (Lipinski definition) is 6. The van der Waals surface area contributed by atoms with Gasteiger partial charge in [-0.25, -0.2) is 9.97 Å². The Hall–Kier alpha value is -3.89. The summed E-state index contributed by atoms with van der Waals surface area (Å²) in [4.78, 5) is 18.7. The maximum absolute atomic E-state index is 12.1. The minimum Gasteiger partial charge on any atom is -0.470 e. The van der Waals surface area contributed by atoms with Crippen molar-refractivity contribution in [3.05, 3.63) is 60.7 Å². The van der Waals surface area contributed by atoms with Gasteiger partial charge in [-0.3, -0.25) is 13.9 Å². The summed E-state index contributed by atoms with van der Waals surface area (Å²) in [6.07, 6.45) is 1.82. The van der Waals surface area contributed by atoms with Crippen LogP contribution in [0.15, 0.2) is 55.0 Å². The molecule has 4 rings (SSSR count). The molecule has 0 radical (unpaired) electrons. The van der Waals surface area contributed by atoms with E-state index in [1.54, 1.807) is 18.5 Å². The maximum atomic E-state index is 12.1. The minimum atomic E-state index is -4.34. The van der Waals surface area contributed by atoms with Crippen LogP contribution in [0.3, 0.4) is 0 Å². The molecule has 8 nitrogen and oxygen atoms in total. The molecule has 0 saturated heterocycles. The Morgan fingerprint density at radius 1 is 1.16 bits per heavy atom. The molecule has 0 aliphatic rings. The number of hydrogen-bond donors (Lipinski definition) is 1. The SMILES string of the molecule is CNc1cc(C(F)(F)F)n(C)n1.O=CCOc1ccc(-c2cnc3ccccn23)cn1. The van der Waals surface area contributed by atoms with E-state index in [-0.39, 0.29) is 12.4 Å². The zero-order valence-corrected chi connectivity index (χ0v) is 16.7. The molecule has 11 heteroatoms. The number of aryl methyl sites for hydroxylation is 1. The lowest BCUT2D eigenvalue weighted by atomic mass is 10.2. The number of ether oxygens (including phenoxy) is 1. The highest BCUT2D eigenvalue weighted by molar-refractivity contribution is 5.63. The molecule has 0 saturated carbocycles. The van der Waals surface area contributed by atoms with Crippen molar-refractivity contribution < 1.29 is 22.7 Å². The number of pyridine rings is 2. The molecule has 4 heterocycles. The molecule has 4 aromatic rings. The molecule has 0 unspecified atom stereocenters. The van der Waals surface area contributed by atoms with Gasteiger partial charge in [-0.1, -0.05) is 6.07 Å². The van der Waals surface area contributed by atoms with Crippen molar-refractivity contribution in [2.45, 2.75) is 6.18 Å². The monoisotopic (exact) mass is 432 g/mol. The van der Waals surface area contributed by atoms with Crippen molar-refractivity contribution in [3.63, 3.8) is 0 Å². The number of alkyl halides is 3. The Kier molecular flexibility index (Phi) is 6.53. The Balaban J connectivity index is 0.000000196. The van der Waals surface area contributed by atoms with Crippen LogP contribution in [0.2, 0.25) is 0 Å². The predicted molar refractivity (Wildman–Crippen MR) is 108 cm³/mol. The number of nitrogens with zero attached hydrogens (tertiary/aromatic N) is 5. The Bertz CT molecular complexity index is 1150. The Morgan fingerprint density at radius 3 is 2.55 bits per heavy atom. The van der Waals surface area contributed by atoms with E-state index in [4.69, 9.17) is 4.74 Å². The summed E-state index contributed by atoms with van der Waals surface area (Å²) >= 11 is 0. The molecule has 0 amide bonds. The number of aldehydes is 1. The van der Waals surface area contributed by atoms with Gasteiger partial charge in [0.2, 0.25) is 5.88 Å². The Morgan fingerprint density at radius 2 is 1.97 bits per heavy atom. The summed E-state index contributed by atoms with van der Waals surface area (Å²) in [5.41, 5.74) is 2.04. The fraction of sp³-hybridized carbons (Fsp3) is 0.200. The summed E-state index contributed by atoms with van der Waals surface area (Å²) in [5.74, 6) is 0.648. The molecule has 4 aromatic heterocycles. The summed E-state index contributed by atoms with van der Waals surface area (Å²) in [6.45, 7) is 0.0158. The van der Waals surface area contributed by atoms with Gasteiger partial charge in [0, 0.05) is 44.2 Å². The largest absolute Gasteiger partial charge is 0.470 e. The molecule has 0 aromatic carbocycles. The number of imidazole rings is 1. The summed E-state index contributed by atoms with van der Waals surface area (Å²) in [6, 6.07) is 10.4. The van der Waals surface area contributed by atoms with Crippen molar-refractivity contribution in [1.29, 1.82) is 0 Å². The van der Waals surface area contributed by atoms with Crippen LogP contribution >= 0.6 is 0 Å². The van der Waals surface area contributed by atoms with Crippen LogP contribution in [0.25, 0.3) is 16.9 Å². The summed E-state index contributed by atoms with van der Waals surface area (Å²) in [5, 5.41) is 6.11. The number of anilines is 1. The fourth-order valence-corrected chi connectivity index (χ4v) is 2.74. The van der Waals surface area contributed by atoms with Gasteiger partial charge in [-0.15, -0.1) is 0 Å². The molecule has 0 bridgehead atoms. The molecule has 31 heavy (non-hydrogen) atoms. The second kappa shape index (κ2) is 9.28. The molecule has 0 aliphatic carbocycles. The average molecular weight is 432 g/mol. The van der Waals surface area contributed by atoms with Gasteiger partial charge in [0.25, 0.3) is 0 Å². The van der Waals surface area contributed by atoms with E-state index in [2.05, 4.69) is 20.4 Å². The number of fused-ring (bicyclic) bond motifs is 1. The van der Waals surface area contributed by atoms with E-state index in [1.165, 1.54) is 14.1 Å². The van der Waals surface area contributed by atoms with Crippen LogP contribution in [-0.4, -0.2) is 44.1 Å². The molecule has 0 aliphatic heterocycles. The zero-order valence-electron chi connectivity index (χ0n) is 16.7. The fourth-order valence-electron chi connectivity index (χ4n) is 2.74. The van der Waals surface area contributed by atoms with Gasteiger partial charge < -0.3 is 10.1 Å². The Labute approximate surface area is 175 Å². The van der Waals surface area contributed by atoms with E-state index < -0.39 is 11.9 Å². The van der Waals surface area contributed by atoms with E-state index in [1.807, 2.05) is 34.9 Å². The third kappa shape index (κ3) is 5.18. The minimum absolute atomic E-state index is 0.0158. The van der Waals surface area contributed by atoms with Crippen LogP contribution < -0.4 is 10.1 Å². The number of nitrogens with one attached hydrogen (secondary N) is 1. The second-order valence-corrected chi connectivity index (χ2v) is 6.22. The maximum Gasteiger partial charge on any atom is 0.433 e. The zero-order chi connectivity index (χ0) is 22.4. The lowest BCUT2D eigenvalue weighted by molar-refractivity contribution is -0.143. The topological polar surface area (TPSA) is 86.3 Å². The van der Waals surface area contributed by atoms with Gasteiger partial charge >= 0.3 is 6.18 Å². The number of carbonyl (C=O) groups is 1. The van der Waals surface area contributed by atoms with Crippen LogP contribution in [-0.2, 0) is 18.0 Å². The molecular formula is C20H19F3N6O2. The lowest BCUT2D eigenvalue weighted by Gasteiger charge is -2.04. The highest BCUT2D eigenvalue weighted by atomic mass is 19.4. The molecule has 0 spiro atoms. The summed E-state index contributed by atoms with van der Waals surface area (Å²) < 4.78 is 44.2. The van der Waals surface area contributed by atoms with Crippen molar-refractivity contribution in [3.8, 4) is 17.1 Å². The molecular weight excluding hydrogens is 413 g/mol. The van der Waals surface area contributed by atoms with Crippen molar-refractivity contribution in [2.24, 2.45) is 7.05 Å². The van der Waals surface area contributed by atoms with Crippen LogP contribution in [0.5, 0.6) is 5.88 Å². The van der Waals surface area contributed by atoms with Gasteiger partial charge in [0.15, 0.2) is 6.29 Å². The third-order valence-corrected chi connectivity index (χ3v) is 4.17. The average Bonchev–Trinajstić information content (AvgIpc) is 3.36. The first kappa shape index (κ1) is 21.8. The van der Waals surface area contributed by atoms with Crippen molar-refractivity contribution in [1.82, 2.24) is 24.1 Å². The first-order chi connectivity index (χ1) is 14.8. The van der Waals surface area contributed by atoms with E-state index in [0.717, 1.165) is 27.7 Å². The summed E-state index contributed by atoms with van der Waals surface area (Å²) in [7, 11) is 2.77. The number of rotatable bonds is 5. The molecule has 1 N–H and O–H groups in total. The predicted octanol–water partition coefficient (Wildman–Crippen LogP) is 3.45. The van der Waals surface area contributed by atoms with Crippen LogP contribution in [0.1, 0.15) is 5.69 Å². The van der Waals surface area contributed by atoms with E-state index in [0.29, 0.717) is 12.2 Å². The van der Waals surface area contributed by atoms with Crippen molar-refractivity contribution >= 4 is 17.8 Å². The highest BCUT2D eigenvalue weighted by Gasteiger charge is 2.34. The molecule has 162 valence electrons. The third-order valence-electron chi connectivity index (χ3n) is 4.17. The molecule has 0 fully saturated rings. The highest BCUT2D eigenvalue weighted by Crippen LogP contribution is 2.30. The van der Waals surface area contributed by atoms with Gasteiger partial charge in [-0.05, 0) is 18.2 Å². The standard InChI is InChI=1S/C14H11N3O2.C6H8F3N3/c18-7-8-19-14-5-4-11(9-16-14)12-10-15-13-3-1-2-6-17(12)13;1-10-5-3-4(6(7,8)9)12(2)11-5/h1-7,9-10H,8H2;3H,1-2H3,(H,10,11). The quantitative estimate of drug-likeness (QED) is 0.486. The van der Waals surface area contributed by atoms with Gasteiger partial charge in [0.1, 0.15) is 23.8 Å². The number of aromatic nitrogens is 5. The smallest absolute Gasteiger partial charge is 0.433 e.